The Morgan fingerprint density at radius 1 is 0.351 bits per heavy atom. The van der Waals surface area contributed by atoms with Gasteiger partial charge < -0.3 is 14.8 Å². The molecule has 0 atom stereocenters. The van der Waals surface area contributed by atoms with Crippen LogP contribution in [0.1, 0.15) is 0 Å². The number of nitrogens with zero attached hydrogens (tertiary/aromatic N) is 5. The van der Waals surface area contributed by atoms with E-state index in [9.17, 15) is 0 Å². The molecule has 10 aromatic rings. The second kappa shape index (κ2) is 14.8. The van der Waals surface area contributed by atoms with E-state index in [0.29, 0.717) is 17.5 Å². The minimum absolute atomic E-state index is 0.625. The molecule has 57 heavy (non-hydrogen) atoms. The van der Waals surface area contributed by atoms with Crippen LogP contribution in [0.2, 0.25) is 0 Å². The lowest BCUT2D eigenvalue weighted by molar-refractivity contribution is 1.07. The molecule has 2 aromatic heterocycles. The van der Waals surface area contributed by atoms with Gasteiger partial charge in [0, 0.05) is 61.6 Å². The van der Waals surface area contributed by atoms with Gasteiger partial charge in [-0.3, -0.25) is 0 Å². The highest BCUT2D eigenvalue weighted by Crippen LogP contribution is 2.40. The average Bonchev–Trinajstić information content (AvgIpc) is 3.61. The van der Waals surface area contributed by atoms with Crippen LogP contribution < -0.4 is 10.2 Å². The van der Waals surface area contributed by atoms with Gasteiger partial charge in [-0.2, -0.15) is 0 Å². The predicted octanol–water partition coefficient (Wildman–Crippen LogP) is 13.2. The Balaban J connectivity index is 1.11. The van der Waals surface area contributed by atoms with Crippen molar-refractivity contribution in [2.24, 2.45) is 0 Å². The van der Waals surface area contributed by atoms with Crippen molar-refractivity contribution < 1.29 is 0 Å². The van der Waals surface area contributed by atoms with Crippen molar-refractivity contribution in [1.82, 2.24) is 19.5 Å². The monoisotopic (exact) mass is 732 g/mol. The lowest BCUT2D eigenvalue weighted by Gasteiger charge is -2.25. The summed E-state index contributed by atoms with van der Waals surface area (Å²) in [5.74, 6) is 1.91. The van der Waals surface area contributed by atoms with Crippen molar-refractivity contribution in [3.63, 3.8) is 0 Å². The molecule has 6 heteroatoms. The molecule has 0 aliphatic carbocycles. The summed E-state index contributed by atoms with van der Waals surface area (Å²) < 4.78 is 2.35. The first kappa shape index (κ1) is 33.7. The highest BCUT2D eigenvalue weighted by molar-refractivity contribution is 6.11. The second-order valence-electron chi connectivity index (χ2n) is 13.9. The van der Waals surface area contributed by atoms with E-state index in [4.69, 9.17) is 15.0 Å². The van der Waals surface area contributed by atoms with Gasteiger partial charge in [0.05, 0.1) is 11.0 Å². The molecule has 0 spiro atoms. The van der Waals surface area contributed by atoms with E-state index in [0.717, 1.165) is 72.6 Å². The van der Waals surface area contributed by atoms with Crippen molar-refractivity contribution in [1.29, 1.82) is 0 Å². The number of benzene rings is 8. The lowest BCUT2D eigenvalue weighted by Crippen LogP contribution is -2.09. The van der Waals surface area contributed by atoms with Gasteiger partial charge in [-0.05, 0) is 97.1 Å². The summed E-state index contributed by atoms with van der Waals surface area (Å²) in [4.78, 5) is 17.1. The summed E-state index contributed by atoms with van der Waals surface area (Å²) >= 11 is 0. The summed E-state index contributed by atoms with van der Waals surface area (Å²) in [5, 5.41) is 5.92. The summed E-state index contributed by atoms with van der Waals surface area (Å²) in [7, 11) is 0. The van der Waals surface area contributed by atoms with Crippen molar-refractivity contribution in [2.75, 3.05) is 10.2 Å². The summed E-state index contributed by atoms with van der Waals surface area (Å²) in [5.41, 5.74) is 11.4. The zero-order chi connectivity index (χ0) is 38.0. The molecule has 10 rings (SSSR count). The third-order valence-electron chi connectivity index (χ3n) is 10.2. The van der Waals surface area contributed by atoms with Crippen LogP contribution >= 0.6 is 0 Å². The highest BCUT2D eigenvalue weighted by Gasteiger charge is 2.19. The van der Waals surface area contributed by atoms with Gasteiger partial charge in [0.15, 0.2) is 17.5 Å². The van der Waals surface area contributed by atoms with E-state index >= 15 is 0 Å². The molecule has 270 valence electrons. The lowest BCUT2D eigenvalue weighted by atomic mass is 10.1. The van der Waals surface area contributed by atoms with Crippen LogP contribution in [-0.4, -0.2) is 19.5 Å². The number of rotatable bonds is 9. The van der Waals surface area contributed by atoms with Crippen LogP contribution in [0.15, 0.2) is 212 Å². The molecule has 0 unspecified atom stereocenters. The van der Waals surface area contributed by atoms with Crippen molar-refractivity contribution >= 4 is 50.2 Å². The van der Waals surface area contributed by atoms with Gasteiger partial charge >= 0.3 is 0 Å². The van der Waals surface area contributed by atoms with E-state index in [2.05, 4.69) is 148 Å². The van der Waals surface area contributed by atoms with Crippen LogP contribution in [0, 0.1) is 0 Å². The summed E-state index contributed by atoms with van der Waals surface area (Å²) in [6.45, 7) is 0. The Kier molecular flexibility index (Phi) is 8.74. The number of fused-ring (bicyclic) bond motifs is 3. The Morgan fingerprint density at radius 2 is 0.789 bits per heavy atom. The van der Waals surface area contributed by atoms with Gasteiger partial charge in [0.25, 0.3) is 0 Å². The van der Waals surface area contributed by atoms with Gasteiger partial charge in [-0.25, -0.2) is 15.0 Å². The molecule has 0 amide bonds. The molecule has 0 aliphatic heterocycles. The molecule has 8 aromatic carbocycles. The summed E-state index contributed by atoms with van der Waals surface area (Å²) in [6.07, 6.45) is 0. The number of hydrogen-bond donors (Lipinski definition) is 1. The van der Waals surface area contributed by atoms with E-state index in [1.165, 1.54) is 0 Å². The predicted molar refractivity (Wildman–Crippen MR) is 235 cm³/mol. The molecule has 1 N–H and O–H groups in total. The van der Waals surface area contributed by atoms with Crippen molar-refractivity contribution in [3.8, 4) is 39.9 Å². The molecule has 0 aliphatic rings. The normalized spacial score (nSPS) is 11.2. The first-order valence-corrected chi connectivity index (χ1v) is 19.0. The van der Waals surface area contributed by atoms with E-state index in [1.54, 1.807) is 0 Å². The molecule has 0 saturated carbocycles. The van der Waals surface area contributed by atoms with Gasteiger partial charge in [-0.1, -0.05) is 115 Å². The highest BCUT2D eigenvalue weighted by atomic mass is 15.1. The maximum Gasteiger partial charge on any atom is 0.164 e. The fraction of sp³-hybridized carbons (Fsp3) is 0. The van der Waals surface area contributed by atoms with E-state index in [1.807, 2.05) is 78.9 Å². The van der Waals surface area contributed by atoms with E-state index in [-0.39, 0.29) is 0 Å². The van der Waals surface area contributed by atoms with Gasteiger partial charge in [-0.15, -0.1) is 0 Å². The van der Waals surface area contributed by atoms with Gasteiger partial charge in [0.2, 0.25) is 0 Å². The Hall–Kier alpha value is -7.83. The topological polar surface area (TPSA) is 58.9 Å². The number of hydrogen-bond acceptors (Lipinski definition) is 5. The standard InChI is InChI=1S/C51H36N6/c1-6-16-36(17-7-1)49-53-50(37-18-8-2-9-19-37)55-51(54-49)38-26-29-43(30-27-38)57-47-32-28-40(52-39-20-10-3-11-21-39)34-45(47)46-35-44(31-33-48(46)57)56(41-22-12-4-13-23-41)42-24-14-5-15-25-42/h1-35,52H. The molecular formula is C51H36N6. The SMILES string of the molecule is c1ccc(Nc2ccc3c(c2)c2cc(N(c4ccccc4)c4ccccc4)ccc2n3-c2ccc(-c3nc(-c4ccccc4)nc(-c4ccccc4)n3)cc2)cc1. The van der Waals surface area contributed by atoms with Crippen LogP contribution in [0.5, 0.6) is 0 Å². The maximum absolute atomic E-state index is 4.97. The summed E-state index contributed by atoms with van der Waals surface area (Å²) in [6, 6.07) is 73.5. The maximum atomic E-state index is 4.97. The fourth-order valence-electron chi connectivity index (χ4n) is 7.49. The zero-order valence-corrected chi connectivity index (χ0v) is 30.9. The smallest absolute Gasteiger partial charge is 0.164 e. The average molecular weight is 733 g/mol. The molecule has 0 radical (unpaired) electrons. The number of aromatic nitrogens is 4. The minimum atomic E-state index is 0.625. The molecule has 0 fully saturated rings. The molecule has 2 heterocycles. The first-order chi connectivity index (χ1) is 28.2. The van der Waals surface area contributed by atoms with Gasteiger partial charge in [0.1, 0.15) is 0 Å². The van der Waals surface area contributed by atoms with Crippen molar-refractivity contribution in [3.05, 3.63) is 212 Å². The second-order valence-corrected chi connectivity index (χ2v) is 13.9. The molecule has 0 bridgehead atoms. The van der Waals surface area contributed by atoms with Crippen LogP contribution in [-0.2, 0) is 0 Å². The van der Waals surface area contributed by atoms with Crippen LogP contribution in [0.25, 0.3) is 61.7 Å². The quantitative estimate of drug-likeness (QED) is 0.160. The third kappa shape index (κ3) is 6.66. The molecule has 0 saturated heterocycles. The first-order valence-electron chi connectivity index (χ1n) is 19.0. The Morgan fingerprint density at radius 3 is 1.32 bits per heavy atom. The molecular weight excluding hydrogens is 697 g/mol. The molecule has 6 nitrogen and oxygen atoms in total. The third-order valence-corrected chi connectivity index (χ3v) is 10.2. The minimum Gasteiger partial charge on any atom is -0.356 e. The van der Waals surface area contributed by atoms with Crippen LogP contribution in [0.4, 0.5) is 28.4 Å². The van der Waals surface area contributed by atoms with Crippen molar-refractivity contribution in [2.45, 2.75) is 0 Å². The fourth-order valence-corrected chi connectivity index (χ4v) is 7.49. The largest absolute Gasteiger partial charge is 0.356 e. The zero-order valence-electron chi connectivity index (χ0n) is 30.9. The number of nitrogens with one attached hydrogen (secondary N) is 1. The van der Waals surface area contributed by atoms with E-state index < -0.39 is 0 Å². The Labute approximate surface area is 331 Å². The van der Waals surface area contributed by atoms with Crippen LogP contribution in [0.3, 0.4) is 0 Å². The number of para-hydroxylation sites is 3. The Bertz CT molecular complexity index is 2850. The number of anilines is 5.